The van der Waals surface area contributed by atoms with Crippen molar-refractivity contribution < 1.29 is 14.3 Å². The van der Waals surface area contributed by atoms with Crippen LogP contribution in [-0.2, 0) is 33.8 Å². The van der Waals surface area contributed by atoms with Crippen LogP contribution < -0.4 is 4.87 Å². The predicted molar refractivity (Wildman–Crippen MR) is 85.1 cm³/mol. The zero-order chi connectivity index (χ0) is 16.4. The van der Waals surface area contributed by atoms with E-state index in [1.165, 1.54) is 16.6 Å². The Kier molecular flexibility index (Phi) is 4.29. The number of carbonyl (C=O) groups excluding carboxylic acids is 2. The van der Waals surface area contributed by atoms with Gasteiger partial charge < -0.3 is 9.64 Å². The molecule has 1 aromatic carbocycles. The lowest BCUT2D eigenvalue weighted by atomic mass is 9.94. The van der Waals surface area contributed by atoms with Crippen LogP contribution in [0.3, 0.4) is 0 Å². The van der Waals surface area contributed by atoms with Gasteiger partial charge in [-0.05, 0) is 11.1 Å². The molecule has 23 heavy (non-hydrogen) atoms. The van der Waals surface area contributed by atoms with Crippen molar-refractivity contribution in [1.29, 1.82) is 0 Å². The molecule has 1 unspecified atom stereocenters. The summed E-state index contributed by atoms with van der Waals surface area (Å²) in [6.07, 6.45) is 2.00. The highest BCUT2D eigenvalue weighted by atomic mass is 32.1. The highest BCUT2D eigenvalue weighted by molar-refractivity contribution is 7.07. The fourth-order valence-corrected chi connectivity index (χ4v) is 3.36. The molecular formula is C16H16N2O4S. The molecule has 120 valence electrons. The fourth-order valence-electron chi connectivity index (χ4n) is 2.78. The molecule has 0 bridgehead atoms. The number of methoxy groups -OCH3 is 1. The molecule has 2 aromatic rings. The Hall–Kier alpha value is -2.41. The summed E-state index contributed by atoms with van der Waals surface area (Å²) >= 11 is 1.04. The van der Waals surface area contributed by atoms with Gasteiger partial charge in [-0.3, -0.25) is 14.2 Å². The number of hydrogen-bond donors (Lipinski definition) is 0. The third-order valence-corrected chi connectivity index (χ3v) is 4.69. The second-order valence-corrected chi connectivity index (χ2v) is 6.19. The molecule has 7 heteroatoms. The van der Waals surface area contributed by atoms with Crippen LogP contribution in [0.25, 0.3) is 0 Å². The van der Waals surface area contributed by atoms with Crippen LogP contribution >= 0.6 is 11.3 Å². The van der Waals surface area contributed by atoms with Gasteiger partial charge in [-0.2, -0.15) is 0 Å². The monoisotopic (exact) mass is 332 g/mol. The van der Waals surface area contributed by atoms with Crippen LogP contribution in [0.4, 0.5) is 0 Å². The number of thiazole rings is 1. The van der Waals surface area contributed by atoms with E-state index in [-0.39, 0.29) is 17.3 Å². The van der Waals surface area contributed by atoms with E-state index in [9.17, 15) is 14.4 Å². The summed E-state index contributed by atoms with van der Waals surface area (Å²) in [5.74, 6) is -0.707. The molecule has 6 nitrogen and oxygen atoms in total. The summed E-state index contributed by atoms with van der Waals surface area (Å²) in [5.41, 5.74) is 2.05. The van der Waals surface area contributed by atoms with Crippen LogP contribution in [0.5, 0.6) is 0 Å². The number of aromatic nitrogens is 1. The first kappa shape index (κ1) is 15.5. The summed E-state index contributed by atoms with van der Waals surface area (Å²) in [4.78, 5) is 37.6. The van der Waals surface area contributed by atoms with Crippen LogP contribution in [0.1, 0.15) is 11.1 Å². The number of hydrogen-bond acceptors (Lipinski definition) is 5. The smallest absolute Gasteiger partial charge is 0.328 e. The average Bonchev–Trinajstić information content (AvgIpc) is 2.97. The zero-order valence-corrected chi connectivity index (χ0v) is 13.4. The van der Waals surface area contributed by atoms with E-state index in [1.54, 1.807) is 11.6 Å². The Bertz CT molecular complexity index is 795. The van der Waals surface area contributed by atoms with E-state index in [4.69, 9.17) is 4.74 Å². The van der Waals surface area contributed by atoms with E-state index in [2.05, 4.69) is 0 Å². The minimum atomic E-state index is -0.656. The maximum atomic E-state index is 12.6. The van der Waals surface area contributed by atoms with Crippen LogP contribution in [-0.4, -0.2) is 34.5 Å². The summed E-state index contributed by atoms with van der Waals surface area (Å²) in [7, 11) is 1.31. The van der Waals surface area contributed by atoms with Crippen LogP contribution in [0.2, 0.25) is 0 Å². The van der Waals surface area contributed by atoms with Crippen molar-refractivity contribution >= 4 is 23.2 Å². The Morgan fingerprint density at radius 3 is 2.70 bits per heavy atom. The second kappa shape index (κ2) is 6.37. The van der Waals surface area contributed by atoms with Gasteiger partial charge in [0.2, 0.25) is 5.91 Å². The van der Waals surface area contributed by atoms with Crippen molar-refractivity contribution in [3.63, 3.8) is 0 Å². The third-order valence-electron chi connectivity index (χ3n) is 3.99. The van der Waals surface area contributed by atoms with Gasteiger partial charge in [-0.25, -0.2) is 4.79 Å². The predicted octanol–water partition coefficient (Wildman–Crippen LogP) is 1.04. The highest BCUT2D eigenvalue weighted by Gasteiger charge is 2.35. The van der Waals surface area contributed by atoms with Gasteiger partial charge in [0, 0.05) is 24.5 Å². The van der Waals surface area contributed by atoms with Gasteiger partial charge in [-0.1, -0.05) is 35.6 Å². The molecule has 0 radical (unpaired) electrons. The van der Waals surface area contributed by atoms with E-state index in [1.807, 2.05) is 24.3 Å². The standard InChI is InChI=1S/C16H16N2O4S/c1-22-15(20)13-8-11-4-2-3-5-12(11)9-18(13)14(19)10-17-6-7-23-16(17)21/h2-7,13H,8-10H2,1H3. The van der Waals surface area contributed by atoms with Crippen molar-refractivity contribution in [3.8, 4) is 0 Å². The highest BCUT2D eigenvalue weighted by Crippen LogP contribution is 2.24. The topological polar surface area (TPSA) is 68.6 Å². The fraction of sp³-hybridized carbons (Fsp3) is 0.312. The lowest BCUT2D eigenvalue weighted by molar-refractivity contribution is -0.154. The number of carbonyl (C=O) groups is 2. The molecule has 1 aliphatic heterocycles. The summed E-state index contributed by atoms with van der Waals surface area (Å²) in [6.45, 7) is 0.269. The molecule has 1 aromatic heterocycles. The lowest BCUT2D eigenvalue weighted by Gasteiger charge is -2.35. The summed E-state index contributed by atoms with van der Waals surface area (Å²) < 4.78 is 6.19. The number of fused-ring (bicyclic) bond motifs is 1. The molecule has 0 saturated heterocycles. The molecular weight excluding hydrogens is 316 g/mol. The number of benzene rings is 1. The van der Waals surface area contributed by atoms with E-state index in [0.29, 0.717) is 13.0 Å². The minimum absolute atomic E-state index is 0.0714. The van der Waals surface area contributed by atoms with Crippen molar-refractivity contribution in [2.45, 2.75) is 25.6 Å². The SMILES string of the molecule is COC(=O)C1Cc2ccccc2CN1C(=O)Cn1ccsc1=O. The van der Waals surface area contributed by atoms with Crippen molar-refractivity contribution in [2.24, 2.45) is 0 Å². The molecule has 0 N–H and O–H groups in total. The Morgan fingerprint density at radius 1 is 1.30 bits per heavy atom. The first-order valence-electron chi connectivity index (χ1n) is 7.18. The van der Waals surface area contributed by atoms with Crippen molar-refractivity contribution in [3.05, 3.63) is 56.6 Å². The van der Waals surface area contributed by atoms with Gasteiger partial charge >= 0.3 is 10.8 Å². The quantitative estimate of drug-likeness (QED) is 0.788. The van der Waals surface area contributed by atoms with E-state index >= 15 is 0 Å². The lowest BCUT2D eigenvalue weighted by Crippen LogP contribution is -2.50. The van der Waals surface area contributed by atoms with Crippen molar-refractivity contribution in [2.75, 3.05) is 7.11 Å². The zero-order valence-electron chi connectivity index (χ0n) is 12.6. The maximum Gasteiger partial charge on any atom is 0.328 e. The van der Waals surface area contributed by atoms with Gasteiger partial charge in [0.15, 0.2) is 0 Å². The van der Waals surface area contributed by atoms with Gasteiger partial charge in [-0.15, -0.1) is 0 Å². The molecule has 0 fully saturated rings. The molecule has 0 spiro atoms. The normalized spacial score (nSPS) is 16.7. The summed E-state index contributed by atoms with van der Waals surface area (Å²) in [6, 6.07) is 7.06. The molecule has 3 rings (SSSR count). The molecule has 1 amide bonds. The van der Waals surface area contributed by atoms with Crippen LogP contribution in [0.15, 0.2) is 40.6 Å². The Balaban J connectivity index is 1.88. The molecule has 0 aliphatic carbocycles. The largest absolute Gasteiger partial charge is 0.467 e. The number of rotatable bonds is 3. The first-order chi connectivity index (χ1) is 11.1. The van der Waals surface area contributed by atoms with E-state index in [0.717, 1.165) is 22.5 Å². The van der Waals surface area contributed by atoms with Gasteiger partial charge in [0.25, 0.3) is 0 Å². The number of ether oxygens (including phenoxy) is 1. The summed E-state index contributed by atoms with van der Waals surface area (Å²) in [5, 5.41) is 1.64. The van der Waals surface area contributed by atoms with E-state index < -0.39 is 12.0 Å². The van der Waals surface area contributed by atoms with Crippen molar-refractivity contribution in [1.82, 2.24) is 9.47 Å². The molecule has 0 saturated carbocycles. The van der Waals surface area contributed by atoms with Gasteiger partial charge in [0.05, 0.1) is 7.11 Å². The number of nitrogens with zero attached hydrogens (tertiary/aromatic N) is 2. The minimum Gasteiger partial charge on any atom is -0.467 e. The second-order valence-electron chi connectivity index (χ2n) is 5.33. The Labute approximate surface area is 136 Å². The maximum absolute atomic E-state index is 12.6. The molecule has 1 atom stereocenters. The number of esters is 1. The van der Waals surface area contributed by atoms with Gasteiger partial charge in [0.1, 0.15) is 12.6 Å². The average molecular weight is 332 g/mol. The third kappa shape index (κ3) is 3.05. The van der Waals surface area contributed by atoms with Crippen LogP contribution in [0, 0.1) is 0 Å². The molecule has 1 aliphatic rings. The molecule has 2 heterocycles. The number of amides is 1. The first-order valence-corrected chi connectivity index (χ1v) is 8.06. The Morgan fingerprint density at radius 2 is 2.04 bits per heavy atom.